The van der Waals surface area contributed by atoms with Crippen LogP contribution in [0.25, 0.3) is 11.6 Å². The molecular weight excluding hydrogens is 264 g/mol. The third-order valence-electron chi connectivity index (χ3n) is 2.97. The highest BCUT2D eigenvalue weighted by molar-refractivity contribution is 5.51. The van der Waals surface area contributed by atoms with Gasteiger partial charge in [-0.3, -0.25) is 4.79 Å². The van der Waals surface area contributed by atoms with Crippen LogP contribution in [0, 0.1) is 6.92 Å². The summed E-state index contributed by atoms with van der Waals surface area (Å²) < 4.78 is 2.42. The van der Waals surface area contributed by atoms with Crippen LogP contribution >= 0.6 is 0 Å². The van der Waals surface area contributed by atoms with Gasteiger partial charge in [0, 0.05) is 18.6 Å². The Balaban J connectivity index is 2.49. The largest absolute Gasteiger partial charge is 0.396 e. The van der Waals surface area contributed by atoms with Gasteiger partial charge in [-0.2, -0.15) is 14.5 Å². The summed E-state index contributed by atoms with van der Waals surface area (Å²) in [4.78, 5) is 24.3. The Morgan fingerprint density at radius 3 is 2.70 bits per heavy atom. The monoisotopic (exact) mass is 276 g/mol. The lowest BCUT2D eigenvalue weighted by atomic mass is 10.2. The van der Waals surface area contributed by atoms with Crippen molar-refractivity contribution in [1.82, 2.24) is 29.0 Å². The van der Waals surface area contributed by atoms with Crippen molar-refractivity contribution in [2.45, 2.75) is 13.3 Å². The average molecular weight is 276 g/mol. The van der Waals surface area contributed by atoms with Crippen molar-refractivity contribution in [3.8, 4) is 0 Å². The highest BCUT2D eigenvalue weighted by Gasteiger charge is 2.16. The van der Waals surface area contributed by atoms with Gasteiger partial charge in [-0.05, 0) is 6.92 Å². The molecule has 3 aromatic heterocycles. The molecule has 0 aliphatic heterocycles. The van der Waals surface area contributed by atoms with Gasteiger partial charge < -0.3 is 16.6 Å². The molecule has 10 heteroatoms. The number of nitrogens with zero attached hydrogens (tertiary/aromatic N) is 6. The van der Waals surface area contributed by atoms with E-state index in [0.717, 1.165) is 4.52 Å². The lowest BCUT2D eigenvalue weighted by Crippen LogP contribution is -2.23. The molecule has 0 fully saturated rings. The van der Waals surface area contributed by atoms with Crippen molar-refractivity contribution in [1.29, 1.82) is 0 Å². The standard InChI is InChI=1S/C10H12N8O2/c1-4-5(2-3-19)6(20)18-10(13-4)17-8(12)14-7(11)15-9(17)16-18/h19H,2-3H2,1H3,(H4,11,12,14,15,16). The molecule has 5 N–H and O–H groups in total. The fourth-order valence-corrected chi connectivity index (χ4v) is 2.07. The SMILES string of the molecule is Cc1nc2n(nc3nc(N)nc(N)n32)c(=O)c1CCO. The number of hydrogen-bond acceptors (Lipinski definition) is 8. The molecule has 0 amide bonds. The minimum atomic E-state index is -0.370. The Bertz CT molecular complexity index is 880. The smallest absolute Gasteiger partial charge is 0.279 e. The van der Waals surface area contributed by atoms with Crippen LogP contribution in [0.2, 0.25) is 0 Å². The van der Waals surface area contributed by atoms with E-state index in [0.29, 0.717) is 11.3 Å². The second-order valence-corrected chi connectivity index (χ2v) is 4.24. The molecule has 104 valence electrons. The maximum absolute atomic E-state index is 12.3. The molecule has 0 saturated carbocycles. The van der Waals surface area contributed by atoms with E-state index >= 15 is 0 Å². The van der Waals surface area contributed by atoms with Crippen LogP contribution in [-0.2, 0) is 6.42 Å². The van der Waals surface area contributed by atoms with E-state index in [-0.39, 0.29) is 42.0 Å². The Morgan fingerprint density at radius 1 is 1.25 bits per heavy atom. The molecule has 0 spiro atoms. The molecule has 0 unspecified atom stereocenters. The highest BCUT2D eigenvalue weighted by atomic mass is 16.3. The molecule has 0 radical (unpaired) electrons. The van der Waals surface area contributed by atoms with Crippen LogP contribution in [0.4, 0.5) is 11.9 Å². The Labute approximate surface area is 111 Å². The minimum absolute atomic E-state index is 0.0364. The summed E-state index contributed by atoms with van der Waals surface area (Å²) in [5.41, 5.74) is 11.8. The average Bonchev–Trinajstić information content (AvgIpc) is 2.73. The van der Waals surface area contributed by atoms with Gasteiger partial charge in [-0.15, -0.1) is 5.10 Å². The summed E-state index contributed by atoms with van der Waals surface area (Å²) >= 11 is 0. The molecule has 10 nitrogen and oxygen atoms in total. The van der Waals surface area contributed by atoms with Gasteiger partial charge in [-0.1, -0.05) is 0 Å². The van der Waals surface area contributed by atoms with Crippen molar-refractivity contribution in [2.75, 3.05) is 18.1 Å². The van der Waals surface area contributed by atoms with Crippen LogP contribution in [0.1, 0.15) is 11.3 Å². The van der Waals surface area contributed by atoms with Gasteiger partial charge in [0.15, 0.2) is 0 Å². The molecule has 3 aromatic rings. The number of fused-ring (bicyclic) bond motifs is 3. The maximum Gasteiger partial charge on any atom is 0.279 e. The highest BCUT2D eigenvalue weighted by Crippen LogP contribution is 2.11. The molecule has 20 heavy (non-hydrogen) atoms. The molecule has 0 atom stereocenters. The summed E-state index contributed by atoms with van der Waals surface area (Å²) in [7, 11) is 0. The fraction of sp³-hybridized carbons (Fsp3) is 0.300. The van der Waals surface area contributed by atoms with Crippen molar-refractivity contribution in [2.24, 2.45) is 0 Å². The van der Waals surface area contributed by atoms with Gasteiger partial charge in [0.1, 0.15) is 0 Å². The van der Waals surface area contributed by atoms with E-state index in [4.69, 9.17) is 16.6 Å². The molecule has 3 heterocycles. The summed E-state index contributed by atoms with van der Waals surface area (Å²) in [5.74, 6) is 0.358. The van der Waals surface area contributed by atoms with Gasteiger partial charge in [0.05, 0.1) is 5.69 Å². The quantitative estimate of drug-likeness (QED) is 0.493. The van der Waals surface area contributed by atoms with E-state index in [1.54, 1.807) is 6.92 Å². The van der Waals surface area contributed by atoms with Gasteiger partial charge in [0.25, 0.3) is 11.3 Å². The molecule has 0 bridgehead atoms. The van der Waals surface area contributed by atoms with E-state index in [1.807, 2.05) is 0 Å². The first-order chi connectivity index (χ1) is 9.52. The number of anilines is 2. The first kappa shape index (κ1) is 12.3. The van der Waals surface area contributed by atoms with Crippen LogP contribution < -0.4 is 17.0 Å². The summed E-state index contributed by atoms with van der Waals surface area (Å²) in [5, 5.41) is 13.0. The summed E-state index contributed by atoms with van der Waals surface area (Å²) in [6.45, 7) is 1.53. The Kier molecular flexibility index (Phi) is 2.54. The first-order valence-electron chi connectivity index (χ1n) is 5.83. The number of aliphatic hydroxyl groups excluding tert-OH is 1. The normalized spacial score (nSPS) is 11.5. The number of rotatable bonds is 2. The molecule has 0 aromatic carbocycles. The Morgan fingerprint density at radius 2 is 2.00 bits per heavy atom. The van der Waals surface area contributed by atoms with Crippen molar-refractivity contribution in [3.63, 3.8) is 0 Å². The Hall–Kier alpha value is -2.75. The zero-order valence-corrected chi connectivity index (χ0v) is 10.6. The maximum atomic E-state index is 12.3. The topological polar surface area (TPSA) is 150 Å². The zero-order chi connectivity index (χ0) is 14.4. The zero-order valence-electron chi connectivity index (χ0n) is 10.6. The van der Waals surface area contributed by atoms with Gasteiger partial charge in [-0.25, -0.2) is 9.38 Å². The number of hydrogen-bond donors (Lipinski definition) is 3. The van der Waals surface area contributed by atoms with E-state index in [9.17, 15) is 4.79 Å². The second kappa shape index (κ2) is 4.13. The number of aryl methyl sites for hydroxylation is 1. The van der Waals surface area contributed by atoms with Crippen LogP contribution in [0.15, 0.2) is 4.79 Å². The predicted molar refractivity (Wildman–Crippen MR) is 70.2 cm³/mol. The number of nitrogen functional groups attached to an aromatic ring is 2. The van der Waals surface area contributed by atoms with Crippen molar-refractivity contribution in [3.05, 3.63) is 21.6 Å². The number of aliphatic hydroxyl groups is 1. The summed E-state index contributed by atoms with van der Waals surface area (Å²) in [6.07, 6.45) is 0.206. The van der Waals surface area contributed by atoms with E-state index < -0.39 is 0 Å². The van der Waals surface area contributed by atoms with Crippen LogP contribution in [0.3, 0.4) is 0 Å². The lowest BCUT2D eigenvalue weighted by Gasteiger charge is -2.03. The third-order valence-corrected chi connectivity index (χ3v) is 2.97. The van der Waals surface area contributed by atoms with E-state index in [2.05, 4.69) is 20.1 Å². The molecule has 0 aliphatic rings. The second-order valence-electron chi connectivity index (χ2n) is 4.24. The molecule has 0 saturated heterocycles. The van der Waals surface area contributed by atoms with Gasteiger partial charge in [0.2, 0.25) is 17.7 Å². The predicted octanol–water partition coefficient (Wildman–Crippen LogP) is -1.86. The van der Waals surface area contributed by atoms with Crippen LogP contribution in [-0.4, -0.2) is 40.7 Å². The van der Waals surface area contributed by atoms with E-state index in [1.165, 1.54) is 4.40 Å². The van der Waals surface area contributed by atoms with Gasteiger partial charge >= 0.3 is 0 Å². The third kappa shape index (κ3) is 1.58. The molecular formula is C10H12N8O2. The fourth-order valence-electron chi connectivity index (χ4n) is 2.07. The molecule has 0 aliphatic carbocycles. The van der Waals surface area contributed by atoms with Crippen molar-refractivity contribution >= 4 is 23.5 Å². The number of aromatic nitrogens is 6. The number of nitrogens with two attached hydrogens (primary N) is 2. The lowest BCUT2D eigenvalue weighted by molar-refractivity contribution is 0.298. The summed E-state index contributed by atoms with van der Waals surface area (Å²) in [6, 6.07) is 0. The van der Waals surface area contributed by atoms with Crippen LogP contribution in [0.5, 0.6) is 0 Å². The van der Waals surface area contributed by atoms with Crippen molar-refractivity contribution < 1.29 is 5.11 Å². The molecule has 3 rings (SSSR count). The first-order valence-corrected chi connectivity index (χ1v) is 5.83. The minimum Gasteiger partial charge on any atom is -0.396 e.